The second-order valence-electron chi connectivity index (χ2n) is 6.64. The number of morpholine rings is 1. The largest absolute Gasteiger partial charge is 0.492 e. The van der Waals surface area contributed by atoms with Crippen LogP contribution in [0.15, 0.2) is 53.3 Å². The van der Waals surface area contributed by atoms with Gasteiger partial charge in [-0.25, -0.2) is 0 Å². The highest BCUT2D eigenvalue weighted by Crippen LogP contribution is 2.24. The summed E-state index contributed by atoms with van der Waals surface area (Å²) in [5, 5.41) is 3.48. The van der Waals surface area contributed by atoms with Gasteiger partial charge in [0, 0.05) is 48.6 Å². The van der Waals surface area contributed by atoms with Crippen LogP contribution in [0.3, 0.4) is 0 Å². The molecule has 0 radical (unpaired) electrons. The van der Waals surface area contributed by atoms with Gasteiger partial charge in [-0.05, 0) is 34.1 Å². The highest BCUT2D eigenvalue weighted by molar-refractivity contribution is 9.10. The van der Waals surface area contributed by atoms with E-state index in [1.807, 2.05) is 30.3 Å². The molecule has 3 aromatic rings. The summed E-state index contributed by atoms with van der Waals surface area (Å²) >= 11 is 3.45. The second-order valence-corrected chi connectivity index (χ2v) is 7.56. The Labute approximate surface area is 173 Å². The number of aromatic nitrogens is 2. The molecule has 28 heavy (non-hydrogen) atoms. The number of hydrogen-bond donors (Lipinski definition) is 1. The minimum atomic E-state index is 0.657. The van der Waals surface area contributed by atoms with Crippen LogP contribution in [0.4, 0.5) is 5.69 Å². The fourth-order valence-electron chi connectivity index (χ4n) is 3.24. The molecule has 0 saturated carbocycles. The number of nitrogens with zero attached hydrogens (tertiary/aromatic N) is 3. The smallest absolute Gasteiger partial charge is 0.124 e. The lowest BCUT2D eigenvalue weighted by Gasteiger charge is -2.26. The van der Waals surface area contributed by atoms with Crippen LogP contribution in [0.2, 0.25) is 0 Å². The summed E-state index contributed by atoms with van der Waals surface area (Å²) in [5.41, 5.74) is 3.79. The van der Waals surface area contributed by atoms with Gasteiger partial charge in [-0.15, -0.1) is 0 Å². The molecule has 7 heteroatoms. The van der Waals surface area contributed by atoms with Crippen LogP contribution in [-0.4, -0.2) is 54.3 Å². The maximum absolute atomic E-state index is 6.07. The number of halogens is 1. The maximum Gasteiger partial charge on any atom is 0.124 e. The van der Waals surface area contributed by atoms with Crippen LogP contribution < -0.4 is 10.1 Å². The molecule has 1 fully saturated rings. The Kier molecular flexibility index (Phi) is 6.36. The quantitative estimate of drug-likeness (QED) is 0.601. The number of anilines is 1. The molecular formula is C21H23BrN4O2. The number of benzene rings is 1. The molecule has 6 nitrogen and oxygen atoms in total. The number of pyridine rings is 2. The molecule has 3 heterocycles. The van der Waals surface area contributed by atoms with Crippen LogP contribution in [0, 0.1) is 0 Å². The normalized spacial score (nSPS) is 14.9. The molecule has 0 amide bonds. The summed E-state index contributed by atoms with van der Waals surface area (Å²) < 4.78 is 12.4. The van der Waals surface area contributed by atoms with Crippen LogP contribution in [-0.2, 0) is 11.3 Å². The molecule has 146 valence electrons. The molecule has 2 aromatic heterocycles. The van der Waals surface area contributed by atoms with E-state index in [1.165, 1.54) is 0 Å². The molecule has 1 saturated heterocycles. The Morgan fingerprint density at radius 2 is 2.00 bits per heavy atom. The molecule has 0 atom stereocenters. The van der Waals surface area contributed by atoms with E-state index in [1.54, 1.807) is 12.4 Å². The van der Waals surface area contributed by atoms with Crippen LogP contribution in [0.1, 0.15) is 5.56 Å². The van der Waals surface area contributed by atoms with Crippen molar-refractivity contribution in [2.75, 3.05) is 44.8 Å². The average molecular weight is 443 g/mol. The Hall–Kier alpha value is -2.22. The lowest BCUT2D eigenvalue weighted by atomic mass is 10.2. The van der Waals surface area contributed by atoms with E-state index in [0.29, 0.717) is 13.2 Å². The monoisotopic (exact) mass is 442 g/mol. The Morgan fingerprint density at radius 3 is 2.89 bits per heavy atom. The topological polar surface area (TPSA) is 59.5 Å². The van der Waals surface area contributed by atoms with Gasteiger partial charge >= 0.3 is 0 Å². The van der Waals surface area contributed by atoms with Crippen molar-refractivity contribution in [3.05, 3.63) is 58.8 Å². The molecule has 0 bridgehead atoms. The summed E-state index contributed by atoms with van der Waals surface area (Å²) in [6.45, 7) is 5.82. The van der Waals surface area contributed by atoms with E-state index in [-0.39, 0.29) is 0 Å². The van der Waals surface area contributed by atoms with Gasteiger partial charge in [-0.2, -0.15) is 0 Å². The van der Waals surface area contributed by atoms with Gasteiger partial charge in [-0.3, -0.25) is 14.9 Å². The van der Waals surface area contributed by atoms with E-state index in [4.69, 9.17) is 9.47 Å². The first-order valence-corrected chi connectivity index (χ1v) is 10.2. The molecule has 0 spiro atoms. The lowest BCUT2D eigenvalue weighted by molar-refractivity contribution is 0.0322. The fourth-order valence-corrected chi connectivity index (χ4v) is 3.56. The van der Waals surface area contributed by atoms with Crippen molar-refractivity contribution < 1.29 is 9.47 Å². The highest BCUT2D eigenvalue weighted by atomic mass is 79.9. The van der Waals surface area contributed by atoms with E-state index >= 15 is 0 Å². The van der Waals surface area contributed by atoms with Crippen LogP contribution >= 0.6 is 15.9 Å². The number of nitrogens with one attached hydrogen (secondary N) is 1. The zero-order chi connectivity index (χ0) is 19.2. The van der Waals surface area contributed by atoms with Crippen molar-refractivity contribution in [3.63, 3.8) is 0 Å². The third kappa shape index (κ3) is 4.79. The molecule has 1 N–H and O–H groups in total. The number of ether oxygens (including phenoxy) is 2. The summed E-state index contributed by atoms with van der Waals surface area (Å²) in [5.74, 6) is 0.914. The van der Waals surface area contributed by atoms with Crippen molar-refractivity contribution in [1.82, 2.24) is 14.9 Å². The first-order valence-electron chi connectivity index (χ1n) is 9.44. The first-order chi connectivity index (χ1) is 13.8. The molecule has 1 aliphatic heterocycles. The lowest BCUT2D eigenvalue weighted by Crippen LogP contribution is -2.38. The van der Waals surface area contributed by atoms with Gasteiger partial charge in [0.25, 0.3) is 0 Å². The van der Waals surface area contributed by atoms with Gasteiger partial charge in [0.2, 0.25) is 0 Å². The third-order valence-electron chi connectivity index (χ3n) is 4.75. The predicted molar refractivity (Wildman–Crippen MR) is 114 cm³/mol. The first kappa shape index (κ1) is 19.1. The van der Waals surface area contributed by atoms with Crippen molar-refractivity contribution in [1.29, 1.82) is 0 Å². The highest BCUT2D eigenvalue weighted by Gasteiger charge is 2.11. The molecule has 1 aliphatic rings. The van der Waals surface area contributed by atoms with Gasteiger partial charge in [-0.1, -0.05) is 18.2 Å². The van der Waals surface area contributed by atoms with Crippen molar-refractivity contribution in [2.45, 2.75) is 6.54 Å². The van der Waals surface area contributed by atoms with E-state index in [0.717, 1.165) is 65.4 Å². The summed E-state index contributed by atoms with van der Waals surface area (Å²) in [6, 6.07) is 12.1. The molecule has 0 unspecified atom stereocenters. The average Bonchev–Trinajstić information content (AvgIpc) is 2.73. The van der Waals surface area contributed by atoms with Gasteiger partial charge in [0.15, 0.2) is 0 Å². The number of rotatable bonds is 7. The van der Waals surface area contributed by atoms with Crippen LogP contribution in [0.25, 0.3) is 11.0 Å². The number of para-hydroxylation sites is 1. The standard InChI is InChI=1S/C21H23BrN4O2/c22-17-13-19-21(25-15-17)18(5-6-23-19)24-14-16-3-1-2-4-20(16)28-12-9-26-7-10-27-11-8-26/h1-6,13,15H,7-12,14H2,(H,23,24). The fraction of sp³-hybridized carbons (Fsp3) is 0.333. The van der Waals surface area contributed by atoms with Gasteiger partial charge < -0.3 is 14.8 Å². The van der Waals surface area contributed by atoms with Crippen molar-refractivity contribution in [3.8, 4) is 5.75 Å². The maximum atomic E-state index is 6.07. The van der Waals surface area contributed by atoms with Gasteiger partial charge in [0.1, 0.15) is 17.9 Å². The number of hydrogen-bond acceptors (Lipinski definition) is 6. The second kappa shape index (κ2) is 9.32. The zero-order valence-electron chi connectivity index (χ0n) is 15.6. The van der Waals surface area contributed by atoms with Gasteiger partial charge in [0.05, 0.1) is 24.4 Å². The molecule has 1 aromatic carbocycles. The van der Waals surface area contributed by atoms with E-state index < -0.39 is 0 Å². The molecule has 4 rings (SSSR count). The SMILES string of the molecule is Brc1cnc2c(NCc3ccccc3OCCN3CCOCC3)ccnc2c1. The predicted octanol–water partition coefficient (Wildman–Crippen LogP) is 3.72. The Morgan fingerprint density at radius 1 is 1.14 bits per heavy atom. The Balaban J connectivity index is 1.40. The Bertz CT molecular complexity index is 931. The summed E-state index contributed by atoms with van der Waals surface area (Å²) in [6.07, 6.45) is 3.58. The molecular weight excluding hydrogens is 420 g/mol. The van der Waals surface area contributed by atoms with Crippen LogP contribution in [0.5, 0.6) is 5.75 Å². The minimum absolute atomic E-state index is 0.657. The number of fused-ring (bicyclic) bond motifs is 1. The minimum Gasteiger partial charge on any atom is -0.492 e. The van der Waals surface area contributed by atoms with E-state index in [9.17, 15) is 0 Å². The van der Waals surface area contributed by atoms with E-state index in [2.05, 4.69) is 42.2 Å². The van der Waals surface area contributed by atoms with Crippen molar-refractivity contribution in [2.24, 2.45) is 0 Å². The third-order valence-corrected chi connectivity index (χ3v) is 5.19. The molecule has 0 aliphatic carbocycles. The van der Waals surface area contributed by atoms with Crippen molar-refractivity contribution >= 4 is 32.7 Å². The summed E-state index contributed by atoms with van der Waals surface area (Å²) in [4.78, 5) is 11.3. The summed E-state index contributed by atoms with van der Waals surface area (Å²) in [7, 11) is 0. The zero-order valence-corrected chi connectivity index (χ0v) is 17.2.